The fourth-order valence-electron chi connectivity index (χ4n) is 3.84. The molecule has 10 heteroatoms. The topological polar surface area (TPSA) is 117 Å². The van der Waals surface area contributed by atoms with Crippen LogP contribution in [-0.4, -0.2) is 60.1 Å². The number of aromatic hydroxyl groups is 1. The Labute approximate surface area is 185 Å². The molecular weight excluding hydrogens is 421 g/mol. The number of ether oxygens (including phenoxy) is 2. The van der Waals surface area contributed by atoms with E-state index in [1.54, 1.807) is 12.1 Å². The van der Waals surface area contributed by atoms with Gasteiger partial charge in [0.15, 0.2) is 18.2 Å². The van der Waals surface area contributed by atoms with Crippen molar-refractivity contribution in [2.75, 3.05) is 26.2 Å². The SMILES string of the molecule is CC(=O)NCC1CNC(c2ccc(C3CCC=CCN3C(=O)COC(C)=O)c(F)c2O)O1. The van der Waals surface area contributed by atoms with Gasteiger partial charge in [-0.1, -0.05) is 24.3 Å². The summed E-state index contributed by atoms with van der Waals surface area (Å²) in [6.07, 6.45) is 3.76. The molecule has 3 atom stereocenters. The molecule has 1 aromatic rings. The molecule has 0 saturated carbocycles. The van der Waals surface area contributed by atoms with E-state index in [1.165, 1.54) is 18.7 Å². The molecule has 2 heterocycles. The van der Waals surface area contributed by atoms with E-state index in [1.807, 2.05) is 12.2 Å². The van der Waals surface area contributed by atoms with Crippen molar-refractivity contribution in [3.63, 3.8) is 0 Å². The van der Waals surface area contributed by atoms with Gasteiger partial charge in [0.05, 0.1) is 12.1 Å². The zero-order valence-electron chi connectivity index (χ0n) is 18.1. The normalized spacial score (nSPS) is 23.0. The van der Waals surface area contributed by atoms with Gasteiger partial charge in [-0.3, -0.25) is 19.7 Å². The van der Waals surface area contributed by atoms with Gasteiger partial charge in [0, 0.05) is 44.6 Å². The molecule has 2 aliphatic heterocycles. The maximum atomic E-state index is 15.3. The third kappa shape index (κ3) is 5.63. The Bertz CT molecular complexity index is 906. The van der Waals surface area contributed by atoms with Crippen LogP contribution in [0.3, 0.4) is 0 Å². The summed E-state index contributed by atoms with van der Waals surface area (Å²) in [6.45, 7) is 3.16. The van der Waals surface area contributed by atoms with Crippen molar-refractivity contribution in [3.8, 4) is 5.75 Å². The molecule has 0 aromatic heterocycles. The fraction of sp³-hybridized carbons (Fsp3) is 0.500. The highest BCUT2D eigenvalue weighted by atomic mass is 19.1. The number of allylic oxidation sites excluding steroid dienone is 1. The summed E-state index contributed by atoms with van der Waals surface area (Å²) in [5.41, 5.74) is 0.417. The molecule has 1 fully saturated rings. The Balaban J connectivity index is 1.79. The highest BCUT2D eigenvalue weighted by Crippen LogP contribution is 2.38. The average molecular weight is 449 g/mol. The van der Waals surface area contributed by atoms with Crippen LogP contribution in [0.25, 0.3) is 0 Å². The van der Waals surface area contributed by atoms with Gasteiger partial charge in [-0.15, -0.1) is 0 Å². The number of hydrogen-bond acceptors (Lipinski definition) is 7. The van der Waals surface area contributed by atoms with Gasteiger partial charge in [0.25, 0.3) is 5.91 Å². The van der Waals surface area contributed by atoms with Gasteiger partial charge in [0.1, 0.15) is 6.23 Å². The van der Waals surface area contributed by atoms with E-state index in [-0.39, 0.29) is 29.7 Å². The lowest BCUT2D eigenvalue weighted by atomic mass is 9.97. The highest BCUT2D eigenvalue weighted by molar-refractivity contribution is 5.80. The maximum Gasteiger partial charge on any atom is 0.303 e. The van der Waals surface area contributed by atoms with Crippen LogP contribution in [-0.2, 0) is 23.9 Å². The maximum absolute atomic E-state index is 15.3. The summed E-state index contributed by atoms with van der Waals surface area (Å²) < 4.78 is 25.9. The molecule has 2 aliphatic rings. The van der Waals surface area contributed by atoms with E-state index in [0.717, 1.165) is 0 Å². The van der Waals surface area contributed by atoms with Gasteiger partial charge >= 0.3 is 5.97 Å². The molecule has 0 spiro atoms. The number of amides is 2. The van der Waals surface area contributed by atoms with E-state index in [4.69, 9.17) is 9.47 Å². The van der Waals surface area contributed by atoms with Crippen LogP contribution in [0.2, 0.25) is 0 Å². The Hall–Kier alpha value is -2.98. The van der Waals surface area contributed by atoms with Gasteiger partial charge in [0.2, 0.25) is 5.91 Å². The van der Waals surface area contributed by atoms with Crippen molar-refractivity contribution in [1.82, 2.24) is 15.5 Å². The molecule has 174 valence electrons. The Morgan fingerprint density at radius 3 is 2.75 bits per heavy atom. The molecule has 9 nitrogen and oxygen atoms in total. The minimum atomic E-state index is -0.824. The van der Waals surface area contributed by atoms with Crippen molar-refractivity contribution in [2.24, 2.45) is 0 Å². The first-order valence-corrected chi connectivity index (χ1v) is 10.5. The zero-order chi connectivity index (χ0) is 23.3. The molecule has 0 aliphatic carbocycles. The van der Waals surface area contributed by atoms with Crippen LogP contribution in [0.1, 0.15) is 50.1 Å². The third-order valence-electron chi connectivity index (χ3n) is 5.43. The second-order valence-corrected chi connectivity index (χ2v) is 7.78. The molecule has 1 saturated heterocycles. The zero-order valence-corrected chi connectivity index (χ0v) is 18.1. The highest BCUT2D eigenvalue weighted by Gasteiger charge is 2.33. The first-order chi connectivity index (χ1) is 15.3. The predicted molar refractivity (Wildman–Crippen MR) is 112 cm³/mol. The van der Waals surface area contributed by atoms with Crippen molar-refractivity contribution in [1.29, 1.82) is 0 Å². The number of rotatable bonds is 6. The summed E-state index contributed by atoms with van der Waals surface area (Å²) in [6, 6.07) is 2.48. The predicted octanol–water partition coefficient (Wildman–Crippen LogP) is 1.44. The van der Waals surface area contributed by atoms with Crippen LogP contribution in [0.5, 0.6) is 5.75 Å². The van der Waals surface area contributed by atoms with Crippen molar-refractivity contribution in [3.05, 3.63) is 41.2 Å². The number of esters is 1. The molecule has 32 heavy (non-hydrogen) atoms. The number of phenolic OH excluding ortho intramolecular Hbond substituents is 1. The van der Waals surface area contributed by atoms with Gasteiger partial charge in [-0.25, -0.2) is 4.39 Å². The number of halogens is 1. The summed E-state index contributed by atoms with van der Waals surface area (Å²) >= 11 is 0. The fourth-order valence-corrected chi connectivity index (χ4v) is 3.84. The van der Waals surface area contributed by atoms with Gasteiger partial charge in [-0.2, -0.15) is 0 Å². The lowest BCUT2D eigenvalue weighted by Crippen LogP contribution is -2.37. The molecule has 0 radical (unpaired) electrons. The van der Waals surface area contributed by atoms with Gasteiger partial charge in [-0.05, 0) is 12.8 Å². The minimum absolute atomic E-state index is 0.180. The van der Waals surface area contributed by atoms with Gasteiger partial charge < -0.3 is 24.8 Å². The second-order valence-electron chi connectivity index (χ2n) is 7.78. The minimum Gasteiger partial charge on any atom is -0.505 e. The van der Waals surface area contributed by atoms with E-state index < -0.39 is 42.3 Å². The molecule has 1 aromatic carbocycles. The average Bonchev–Trinajstić information content (AvgIpc) is 3.08. The van der Waals surface area contributed by atoms with Crippen LogP contribution in [0.4, 0.5) is 4.39 Å². The van der Waals surface area contributed by atoms with E-state index in [9.17, 15) is 19.5 Å². The quantitative estimate of drug-likeness (QED) is 0.444. The van der Waals surface area contributed by atoms with E-state index in [2.05, 4.69) is 10.6 Å². The first-order valence-electron chi connectivity index (χ1n) is 10.5. The molecule has 3 rings (SSSR count). The van der Waals surface area contributed by atoms with Crippen LogP contribution in [0.15, 0.2) is 24.3 Å². The smallest absolute Gasteiger partial charge is 0.303 e. The van der Waals surface area contributed by atoms with Crippen LogP contribution < -0.4 is 10.6 Å². The number of nitrogens with one attached hydrogen (secondary N) is 2. The monoisotopic (exact) mass is 449 g/mol. The van der Waals surface area contributed by atoms with Crippen molar-refractivity contribution >= 4 is 17.8 Å². The van der Waals surface area contributed by atoms with E-state index >= 15 is 4.39 Å². The number of hydrogen-bond donors (Lipinski definition) is 3. The molecule has 3 unspecified atom stereocenters. The largest absolute Gasteiger partial charge is 0.505 e. The number of nitrogens with zero attached hydrogens (tertiary/aromatic N) is 1. The standard InChI is InChI=1S/C22H28FN3O6/c1-13(27)24-10-15-11-25-22(32-15)17-8-7-16(20(23)21(17)30)18-6-4-3-5-9-26(18)19(29)12-31-14(2)28/h3,5,7-8,15,18,22,25,30H,4,6,9-12H2,1-2H3,(H,24,27). The second kappa shape index (κ2) is 10.6. The molecule has 2 amide bonds. The lowest BCUT2D eigenvalue weighted by molar-refractivity contribution is -0.151. The number of phenols is 1. The lowest BCUT2D eigenvalue weighted by Gasteiger charge is -2.31. The summed E-state index contributed by atoms with van der Waals surface area (Å²) in [4.78, 5) is 36.2. The van der Waals surface area contributed by atoms with Crippen molar-refractivity contribution < 1.29 is 33.4 Å². The number of carbonyl (C=O) groups is 3. The van der Waals surface area contributed by atoms with Crippen LogP contribution in [0, 0.1) is 5.82 Å². The number of benzene rings is 1. The Morgan fingerprint density at radius 1 is 1.28 bits per heavy atom. The first kappa shape index (κ1) is 23.7. The molecule has 0 bridgehead atoms. The molecule has 3 N–H and O–H groups in total. The Morgan fingerprint density at radius 2 is 2.03 bits per heavy atom. The van der Waals surface area contributed by atoms with Crippen LogP contribution >= 0.6 is 0 Å². The number of carbonyl (C=O) groups excluding carboxylic acids is 3. The summed E-state index contributed by atoms with van der Waals surface area (Å²) in [7, 11) is 0. The third-order valence-corrected chi connectivity index (χ3v) is 5.43. The summed E-state index contributed by atoms with van der Waals surface area (Å²) in [5.74, 6) is -2.57. The summed E-state index contributed by atoms with van der Waals surface area (Å²) in [5, 5.41) is 16.3. The molecular formula is C22H28FN3O6. The Kier molecular flexibility index (Phi) is 7.81. The van der Waals surface area contributed by atoms with Crippen molar-refractivity contribution in [2.45, 2.75) is 45.1 Å². The van der Waals surface area contributed by atoms with E-state index in [0.29, 0.717) is 25.9 Å².